The van der Waals surface area contributed by atoms with E-state index in [2.05, 4.69) is 29.2 Å². The molecule has 1 saturated carbocycles. The predicted molar refractivity (Wildman–Crippen MR) is 169 cm³/mol. The Morgan fingerprint density at radius 3 is 2.75 bits per heavy atom. The molecule has 2 N–H and O–H groups in total. The fourth-order valence-corrected chi connectivity index (χ4v) is 7.96. The lowest BCUT2D eigenvalue weighted by molar-refractivity contribution is -0.164. The number of hydrogen-bond acceptors (Lipinski definition) is 6. The summed E-state index contributed by atoms with van der Waals surface area (Å²) in [6, 6.07) is 11.3. The molecule has 2 aliphatic carbocycles. The zero-order valence-electron chi connectivity index (χ0n) is 25.6. The molecule has 2 aromatic rings. The zero-order chi connectivity index (χ0) is 31.1. The van der Waals surface area contributed by atoms with Crippen LogP contribution in [0.5, 0.6) is 5.75 Å². The number of halogens is 1. The molecule has 1 amide bonds. The van der Waals surface area contributed by atoms with Crippen LogP contribution in [0.15, 0.2) is 48.6 Å². The summed E-state index contributed by atoms with van der Waals surface area (Å²) in [6.45, 7) is 2.37. The van der Waals surface area contributed by atoms with E-state index in [1.54, 1.807) is 32.4 Å². The molecule has 5 atom stereocenters. The SMILES string of the molecule is CO[C@H]1/C=C/CCCN(C)C(=O)C[C@](O)(C(=O)O)c2ccc3c(c2)N(C[C@@H]2CC[C@H]21)C[C@@]1(CCCc2cc(Cl)ccc21)CO3. The molecule has 0 aromatic heterocycles. The minimum atomic E-state index is -2.38. The number of carbonyl (C=O) groups is 2. The summed E-state index contributed by atoms with van der Waals surface area (Å²) in [5.74, 6) is -0.490. The highest BCUT2D eigenvalue weighted by Crippen LogP contribution is 2.47. The Kier molecular flexibility index (Phi) is 8.70. The van der Waals surface area contributed by atoms with Crippen LogP contribution < -0.4 is 9.64 Å². The largest absolute Gasteiger partial charge is 0.490 e. The van der Waals surface area contributed by atoms with E-state index < -0.39 is 23.9 Å². The van der Waals surface area contributed by atoms with E-state index in [-0.39, 0.29) is 17.1 Å². The molecule has 2 aromatic carbocycles. The molecule has 2 bridgehead atoms. The lowest BCUT2D eigenvalue weighted by Crippen LogP contribution is -2.49. The van der Waals surface area contributed by atoms with Crippen molar-refractivity contribution >= 4 is 29.2 Å². The van der Waals surface area contributed by atoms with Gasteiger partial charge in [-0.1, -0.05) is 35.9 Å². The number of rotatable bonds is 2. The molecule has 0 unspecified atom stereocenters. The molecule has 1 fully saturated rings. The highest BCUT2D eigenvalue weighted by atomic mass is 35.5. The maximum Gasteiger partial charge on any atom is 0.340 e. The van der Waals surface area contributed by atoms with Crippen molar-refractivity contribution in [3.05, 3.63) is 70.3 Å². The molecule has 44 heavy (non-hydrogen) atoms. The van der Waals surface area contributed by atoms with Crippen LogP contribution in [0.4, 0.5) is 5.69 Å². The number of methoxy groups -OCH3 is 1. The maximum atomic E-state index is 13.2. The Hall–Kier alpha value is -3.07. The van der Waals surface area contributed by atoms with Gasteiger partial charge in [-0.2, -0.15) is 0 Å². The third-order valence-electron chi connectivity index (χ3n) is 10.5. The predicted octanol–water partition coefficient (Wildman–Crippen LogP) is 5.33. The van der Waals surface area contributed by atoms with E-state index in [0.29, 0.717) is 37.3 Å². The second-order valence-corrected chi connectivity index (χ2v) is 13.7. The number of carboxylic acid groups (broad SMARTS) is 1. The average molecular weight is 623 g/mol. The fraction of sp³-hybridized carbons (Fsp3) is 0.543. The van der Waals surface area contributed by atoms with Crippen molar-refractivity contribution < 1.29 is 29.3 Å². The van der Waals surface area contributed by atoms with Gasteiger partial charge in [0.05, 0.1) is 24.8 Å². The number of anilines is 1. The lowest BCUT2D eigenvalue weighted by Gasteiger charge is -2.46. The number of aliphatic hydroxyl groups is 1. The normalized spacial score (nSPS) is 31.5. The first-order valence-electron chi connectivity index (χ1n) is 15.8. The number of carbonyl (C=O) groups excluding carboxylic acids is 1. The Balaban J connectivity index is 1.45. The summed E-state index contributed by atoms with van der Waals surface area (Å²) in [4.78, 5) is 29.7. The number of carboxylic acids is 1. The average Bonchev–Trinajstić information content (AvgIpc) is 3.14. The summed E-state index contributed by atoms with van der Waals surface area (Å²) in [6.07, 6.45) is 10.3. The van der Waals surface area contributed by atoms with Crippen LogP contribution in [-0.4, -0.2) is 73.5 Å². The standard InChI is InChI=1S/C35H43ClN2O6/c1-37-16-5-3-4-8-30(43-2)27-12-9-24(27)20-38-21-34(15-6-7-23-17-26(36)11-13-28(23)34)22-44-31-14-10-25(18-29(31)38)35(42,33(40)41)19-32(37)39/h4,8,10-11,13-14,17-18,24,27,30,42H,3,5-7,9,12,15-16,19-22H2,1-2H3,(H,40,41)/b8-4+/t24-,27+,30-,34-,35+/m0/s1. The number of amides is 1. The molecule has 2 heterocycles. The second-order valence-electron chi connectivity index (χ2n) is 13.2. The molecular formula is C35H43ClN2O6. The quantitative estimate of drug-likeness (QED) is 0.437. The van der Waals surface area contributed by atoms with Gasteiger partial charge in [-0.25, -0.2) is 4.79 Å². The van der Waals surface area contributed by atoms with Crippen LogP contribution in [0.1, 0.15) is 61.6 Å². The smallest absolute Gasteiger partial charge is 0.340 e. The first-order chi connectivity index (χ1) is 21.1. The van der Waals surface area contributed by atoms with E-state index in [1.807, 2.05) is 6.07 Å². The van der Waals surface area contributed by atoms with Gasteiger partial charge in [0.1, 0.15) is 5.75 Å². The van der Waals surface area contributed by atoms with Crippen LogP contribution in [-0.2, 0) is 31.8 Å². The van der Waals surface area contributed by atoms with Gasteiger partial charge in [0.15, 0.2) is 5.60 Å². The number of benzene rings is 2. The molecule has 8 nitrogen and oxygen atoms in total. The van der Waals surface area contributed by atoms with Crippen molar-refractivity contribution in [2.75, 3.05) is 45.3 Å². The Labute approximate surface area is 264 Å². The first-order valence-corrected chi connectivity index (χ1v) is 16.2. The number of aryl methyl sites for hydroxylation is 1. The minimum Gasteiger partial charge on any atom is -0.490 e. The molecule has 6 rings (SSSR count). The van der Waals surface area contributed by atoms with Crippen LogP contribution in [0.2, 0.25) is 5.02 Å². The van der Waals surface area contributed by atoms with Crippen molar-refractivity contribution in [1.29, 1.82) is 0 Å². The minimum absolute atomic E-state index is 0.00133. The Morgan fingerprint density at radius 2 is 2.00 bits per heavy atom. The maximum absolute atomic E-state index is 13.2. The van der Waals surface area contributed by atoms with Gasteiger partial charge in [-0.3, -0.25) is 4.79 Å². The van der Waals surface area contributed by atoms with Crippen molar-refractivity contribution in [2.24, 2.45) is 11.8 Å². The number of allylic oxidation sites excluding steroid dienone is 1. The second kappa shape index (κ2) is 12.4. The molecule has 236 valence electrons. The van der Waals surface area contributed by atoms with Gasteiger partial charge < -0.3 is 29.5 Å². The van der Waals surface area contributed by atoms with Gasteiger partial charge >= 0.3 is 5.97 Å². The van der Waals surface area contributed by atoms with Crippen LogP contribution in [0.3, 0.4) is 0 Å². The van der Waals surface area contributed by atoms with Crippen molar-refractivity contribution in [3.8, 4) is 5.75 Å². The van der Waals surface area contributed by atoms with Gasteiger partial charge in [0.2, 0.25) is 5.91 Å². The molecule has 9 heteroatoms. The Bertz CT molecular complexity index is 1450. The first kappa shape index (κ1) is 30.9. The van der Waals surface area contributed by atoms with Crippen molar-refractivity contribution in [3.63, 3.8) is 0 Å². The third kappa shape index (κ3) is 5.72. The van der Waals surface area contributed by atoms with Gasteiger partial charge in [-0.15, -0.1) is 0 Å². The molecule has 0 saturated heterocycles. The van der Waals surface area contributed by atoms with Crippen molar-refractivity contribution in [1.82, 2.24) is 4.90 Å². The molecular weight excluding hydrogens is 580 g/mol. The Morgan fingerprint density at radius 1 is 1.16 bits per heavy atom. The van der Waals surface area contributed by atoms with Crippen molar-refractivity contribution in [2.45, 2.75) is 68.5 Å². The highest BCUT2D eigenvalue weighted by molar-refractivity contribution is 6.30. The van der Waals surface area contributed by atoms with E-state index in [9.17, 15) is 19.8 Å². The number of nitrogens with zero attached hydrogens (tertiary/aromatic N) is 2. The fourth-order valence-electron chi connectivity index (χ4n) is 7.76. The van der Waals surface area contributed by atoms with Crippen LogP contribution in [0, 0.1) is 11.8 Å². The van der Waals surface area contributed by atoms with Crippen LogP contribution >= 0.6 is 11.6 Å². The van der Waals surface area contributed by atoms with E-state index in [0.717, 1.165) is 62.2 Å². The van der Waals surface area contributed by atoms with Crippen LogP contribution in [0.25, 0.3) is 0 Å². The zero-order valence-corrected chi connectivity index (χ0v) is 26.4. The number of fused-ring (bicyclic) bond motifs is 4. The third-order valence-corrected chi connectivity index (χ3v) is 10.8. The summed E-state index contributed by atoms with van der Waals surface area (Å²) >= 11 is 6.42. The van der Waals surface area contributed by atoms with Gasteiger partial charge in [0, 0.05) is 44.2 Å². The molecule has 4 aliphatic rings. The summed E-state index contributed by atoms with van der Waals surface area (Å²) in [5, 5.41) is 22.6. The molecule has 1 spiro atoms. The number of ether oxygens (including phenoxy) is 2. The van der Waals surface area contributed by atoms with Gasteiger partial charge in [0.25, 0.3) is 0 Å². The monoisotopic (exact) mass is 622 g/mol. The number of hydrogen-bond donors (Lipinski definition) is 2. The summed E-state index contributed by atoms with van der Waals surface area (Å²) in [7, 11) is 3.42. The topological polar surface area (TPSA) is 99.5 Å². The molecule has 0 radical (unpaired) electrons. The summed E-state index contributed by atoms with van der Waals surface area (Å²) in [5.41, 5.74) is 0.773. The summed E-state index contributed by atoms with van der Waals surface area (Å²) < 4.78 is 12.6. The number of aliphatic carboxylic acids is 1. The van der Waals surface area contributed by atoms with E-state index in [1.165, 1.54) is 16.0 Å². The molecule has 2 aliphatic heterocycles. The van der Waals surface area contributed by atoms with Gasteiger partial charge in [-0.05, 0) is 97.7 Å². The van der Waals surface area contributed by atoms with E-state index >= 15 is 0 Å². The highest BCUT2D eigenvalue weighted by Gasteiger charge is 2.46. The lowest BCUT2D eigenvalue weighted by atomic mass is 9.68. The van der Waals surface area contributed by atoms with E-state index in [4.69, 9.17) is 21.1 Å².